The van der Waals surface area contributed by atoms with Gasteiger partial charge in [-0.25, -0.2) is 4.98 Å². The number of nitrogens with zero attached hydrogens (tertiary/aromatic N) is 2. The van der Waals surface area contributed by atoms with Gasteiger partial charge in [0.25, 0.3) is 11.5 Å². The van der Waals surface area contributed by atoms with Crippen molar-refractivity contribution in [3.63, 3.8) is 0 Å². The lowest BCUT2D eigenvalue weighted by molar-refractivity contribution is -0.904. The molecule has 0 saturated carbocycles. The van der Waals surface area contributed by atoms with E-state index in [1.807, 2.05) is 48.2 Å². The van der Waals surface area contributed by atoms with Gasteiger partial charge in [0.2, 0.25) is 0 Å². The minimum absolute atomic E-state index is 0.109. The zero-order chi connectivity index (χ0) is 19.7. The number of aromatic nitrogens is 2. The molecular formula is C22H25N4O2+. The molecule has 6 heteroatoms. The molecule has 0 fully saturated rings. The van der Waals surface area contributed by atoms with Crippen molar-refractivity contribution in [2.24, 2.45) is 0 Å². The van der Waals surface area contributed by atoms with E-state index in [0.29, 0.717) is 29.8 Å². The van der Waals surface area contributed by atoms with Gasteiger partial charge in [-0.1, -0.05) is 30.3 Å². The number of aromatic amines is 1. The van der Waals surface area contributed by atoms with Crippen molar-refractivity contribution in [3.05, 3.63) is 70.3 Å². The van der Waals surface area contributed by atoms with Crippen molar-refractivity contribution in [3.8, 4) is 0 Å². The summed E-state index contributed by atoms with van der Waals surface area (Å²) in [6.07, 6.45) is 0.892. The van der Waals surface area contributed by atoms with Crippen LogP contribution in [0, 0.1) is 0 Å². The van der Waals surface area contributed by atoms with Crippen LogP contribution in [-0.4, -0.2) is 35.0 Å². The number of likely N-dealkylation sites (N-methyl/N-ethyl adjacent to an activating group) is 1. The number of fused-ring (bicyclic) bond motifs is 2. The molecule has 0 saturated heterocycles. The van der Waals surface area contributed by atoms with Crippen LogP contribution in [0.3, 0.4) is 0 Å². The number of hydrogen-bond acceptors (Lipinski definition) is 3. The third kappa shape index (κ3) is 3.43. The van der Waals surface area contributed by atoms with Crippen LogP contribution in [0.25, 0.3) is 10.9 Å². The smallest absolute Gasteiger partial charge is 0.282 e. The fraction of sp³-hybridized carbons (Fsp3) is 0.318. The Hall–Kier alpha value is -2.99. The first-order valence-corrected chi connectivity index (χ1v) is 9.78. The maximum atomic E-state index is 13.1. The summed E-state index contributed by atoms with van der Waals surface area (Å²) in [5, 5.41) is 0.586. The second-order valence-corrected chi connectivity index (χ2v) is 7.43. The molecule has 0 aliphatic carbocycles. The molecule has 28 heavy (non-hydrogen) atoms. The van der Waals surface area contributed by atoms with E-state index in [-0.39, 0.29) is 17.5 Å². The van der Waals surface area contributed by atoms with Crippen LogP contribution in [0.15, 0.2) is 53.3 Å². The monoisotopic (exact) mass is 377 g/mol. The number of amides is 1. The van der Waals surface area contributed by atoms with Crippen molar-refractivity contribution in [1.82, 2.24) is 9.97 Å². The Morgan fingerprint density at radius 3 is 2.79 bits per heavy atom. The van der Waals surface area contributed by atoms with E-state index in [9.17, 15) is 9.59 Å². The lowest BCUT2D eigenvalue weighted by Gasteiger charge is -2.25. The molecule has 0 bridgehead atoms. The number of quaternary nitrogens is 1. The maximum absolute atomic E-state index is 13.1. The zero-order valence-corrected chi connectivity index (χ0v) is 16.2. The van der Waals surface area contributed by atoms with Gasteiger partial charge in [-0.15, -0.1) is 0 Å². The Kier molecular flexibility index (Phi) is 4.96. The maximum Gasteiger partial charge on any atom is 0.282 e. The van der Waals surface area contributed by atoms with Gasteiger partial charge in [0.1, 0.15) is 6.54 Å². The molecule has 2 aromatic carbocycles. The summed E-state index contributed by atoms with van der Waals surface area (Å²) in [5.41, 5.74) is 2.80. The molecule has 3 aromatic rings. The Morgan fingerprint density at radius 2 is 1.96 bits per heavy atom. The van der Waals surface area contributed by atoms with Crippen molar-refractivity contribution in [2.75, 3.05) is 18.0 Å². The molecule has 0 spiro atoms. The Balaban J connectivity index is 1.52. The SMILES string of the molecule is CC[NH+](CC(=O)N1c2ccccc2C[C@@H]1C)Cc1nc2ccccc2c(=O)[nH]1. The van der Waals surface area contributed by atoms with Gasteiger partial charge in [-0.2, -0.15) is 0 Å². The Bertz CT molecular complexity index is 1080. The molecule has 2 atom stereocenters. The summed E-state index contributed by atoms with van der Waals surface area (Å²) < 4.78 is 0. The molecule has 1 amide bonds. The van der Waals surface area contributed by atoms with Crippen molar-refractivity contribution < 1.29 is 9.69 Å². The highest BCUT2D eigenvalue weighted by Gasteiger charge is 2.32. The van der Waals surface area contributed by atoms with E-state index in [1.165, 1.54) is 5.56 Å². The molecule has 1 unspecified atom stereocenters. The number of benzene rings is 2. The number of nitrogens with one attached hydrogen (secondary N) is 2. The minimum Gasteiger partial charge on any atom is -0.321 e. The van der Waals surface area contributed by atoms with Gasteiger partial charge in [0.05, 0.1) is 17.4 Å². The number of H-pyrrole nitrogens is 1. The summed E-state index contributed by atoms with van der Waals surface area (Å²) in [5.74, 6) is 0.723. The Labute approximate surface area is 163 Å². The lowest BCUT2D eigenvalue weighted by atomic mass is 10.1. The van der Waals surface area contributed by atoms with Gasteiger partial charge < -0.3 is 14.8 Å². The van der Waals surface area contributed by atoms with Gasteiger partial charge in [-0.05, 0) is 44.0 Å². The van der Waals surface area contributed by atoms with Crippen LogP contribution in [0.4, 0.5) is 5.69 Å². The fourth-order valence-corrected chi connectivity index (χ4v) is 4.01. The molecule has 2 heterocycles. The predicted molar refractivity (Wildman–Crippen MR) is 110 cm³/mol. The first-order chi connectivity index (χ1) is 13.6. The third-order valence-electron chi connectivity index (χ3n) is 5.46. The minimum atomic E-state index is -0.135. The average molecular weight is 377 g/mol. The predicted octanol–water partition coefficient (Wildman–Crippen LogP) is 1.31. The molecule has 1 aliphatic heterocycles. The first-order valence-electron chi connectivity index (χ1n) is 9.78. The average Bonchev–Trinajstić information content (AvgIpc) is 3.03. The molecule has 0 radical (unpaired) electrons. The molecule has 6 nitrogen and oxygen atoms in total. The van der Waals surface area contributed by atoms with E-state index in [2.05, 4.69) is 23.0 Å². The van der Waals surface area contributed by atoms with E-state index >= 15 is 0 Å². The standard InChI is InChI=1S/C22H24N4O2/c1-3-25(13-20-23-18-10-6-5-9-17(18)22(28)24-20)14-21(27)26-15(2)12-16-8-4-7-11-19(16)26/h4-11,15H,3,12-14H2,1-2H3,(H,23,24,28)/p+1/t15-/m0/s1. The van der Waals surface area contributed by atoms with Crippen LogP contribution >= 0.6 is 0 Å². The van der Waals surface area contributed by atoms with Gasteiger partial charge in [-0.3, -0.25) is 9.59 Å². The van der Waals surface area contributed by atoms with Crippen LogP contribution < -0.4 is 15.4 Å². The second-order valence-electron chi connectivity index (χ2n) is 7.43. The van der Waals surface area contributed by atoms with Gasteiger partial charge in [0.15, 0.2) is 12.4 Å². The zero-order valence-electron chi connectivity index (χ0n) is 16.2. The lowest BCUT2D eigenvalue weighted by Crippen LogP contribution is -3.11. The molecule has 144 valence electrons. The van der Waals surface area contributed by atoms with E-state index in [1.54, 1.807) is 6.07 Å². The van der Waals surface area contributed by atoms with Gasteiger partial charge >= 0.3 is 0 Å². The third-order valence-corrected chi connectivity index (χ3v) is 5.46. The largest absolute Gasteiger partial charge is 0.321 e. The molecule has 1 aromatic heterocycles. The quantitative estimate of drug-likeness (QED) is 0.704. The fourth-order valence-electron chi connectivity index (χ4n) is 4.01. The summed E-state index contributed by atoms with van der Waals surface area (Å²) in [6, 6.07) is 15.6. The number of para-hydroxylation sites is 2. The summed E-state index contributed by atoms with van der Waals surface area (Å²) in [4.78, 5) is 35.8. The number of rotatable bonds is 5. The molecular weight excluding hydrogens is 352 g/mol. The summed E-state index contributed by atoms with van der Waals surface area (Å²) in [7, 11) is 0. The number of hydrogen-bond donors (Lipinski definition) is 2. The molecule has 2 N–H and O–H groups in total. The summed E-state index contributed by atoms with van der Waals surface area (Å²) >= 11 is 0. The first kappa shape index (κ1) is 18.4. The van der Waals surface area contributed by atoms with E-state index < -0.39 is 0 Å². The number of anilines is 1. The van der Waals surface area contributed by atoms with Crippen molar-refractivity contribution in [1.29, 1.82) is 0 Å². The van der Waals surface area contributed by atoms with Crippen molar-refractivity contribution in [2.45, 2.75) is 32.9 Å². The van der Waals surface area contributed by atoms with Crippen LogP contribution in [-0.2, 0) is 17.8 Å². The highest BCUT2D eigenvalue weighted by atomic mass is 16.2. The molecule has 1 aliphatic rings. The van der Waals surface area contributed by atoms with Crippen LogP contribution in [0.2, 0.25) is 0 Å². The Morgan fingerprint density at radius 1 is 1.21 bits per heavy atom. The van der Waals surface area contributed by atoms with Gasteiger partial charge in [0, 0.05) is 11.7 Å². The van der Waals surface area contributed by atoms with E-state index in [4.69, 9.17) is 0 Å². The highest BCUT2D eigenvalue weighted by molar-refractivity contribution is 5.96. The normalized spacial score (nSPS) is 16.9. The number of carbonyl (C=O) groups excluding carboxylic acids is 1. The summed E-state index contributed by atoms with van der Waals surface area (Å²) in [6.45, 7) is 5.78. The highest BCUT2D eigenvalue weighted by Crippen LogP contribution is 2.31. The second kappa shape index (κ2) is 7.56. The van der Waals surface area contributed by atoms with Crippen LogP contribution in [0.1, 0.15) is 25.2 Å². The van der Waals surface area contributed by atoms with E-state index in [0.717, 1.165) is 23.6 Å². The number of carbonyl (C=O) groups is 1. The molecule has 4 rings (SSSR count). The van der Waals surface area contributed by atoms with Crippen LogP contribution in [0.5, 0.6) is 0 Å². The van der Waals surface area contributed by atoms with Crippen molar-refractivity contribution >= 4 is 22.5 Å². The topological polar surface area (TPSA) is 70.5 Å².